The fraction of sp³-hybridized carbons (Fsp3) is 0.273. The van der Waals surface area contributed by atoms with Gasteiger partial charge < -0.3 is 14.4 Å². The molecule has 8 nitrogen and oxygen atoms in total. The SMILES string of the molecule is COc1cc2c(cc1OC)C(c1cccs1)N(C(=O)c1nc3nccc(C)n3n1)CC2. The molecule has 4 aromatic rings. The van der Waals surface area contributed by atoms with Crippen LogP contribution in [0.1, 0.15) is 38.4 Å². The number of carbonyl (C=O) groups is 1. The van der Waals surface area contributed by atoms with Crippen LogP contribution in [0.15, 0.2) is 41.9 Å². The van der Waals surface area contributed by atoms with E-state index < -0.39 is 0 Å². The van der Waals surface area contributed by atoms with Crippen LogP contribution in [0.3, 0.4) is 0 Å². The van der Waals surface area contributed by atoms with E-state index in [0.29, 0.717) is 30.2 Å². The maximum Gasteiger partial charge on any atom is 0.294 e. The second-order valence-electron chi connectivity index (χ2n) is 7.31. The quantitative estimate of drug-likeness (QED) is 0.489. The molecule has 9 heteroatoms. The van der Waals surface area contributed by atoms with Gasteiger partial charge in [-0.15, -0.1) is 16.4 Å². The van der Waals surface area contributed by atoms with Gasteiger partial charge in [0, 0.05) is 23.3 Å². The number of ether oxygens (including phenoxy) is 2. The molecule has 0 radical (unpaired) electrons. The van der Waals surface area contributed by atoms with Gasteiger partial charge in [0.1, 0.15) is 0 Å². The number of rotatable bonds is 4. The fourth-order valence-electron chi connectivity index (χ4n) is 4.04. The van der Waals surface area contributed by atoms with Crippen molar-refractivity contribution in [1.82, 2.24) is 24.5 Å². The van der Waals surface area contributed by atoms with E-state index in [1.807, 2.05) is 47.5 Å². The molecule has 0 bridgehead atoms. The molecule has 158 valence electrons. The average molecular weight is 436 g/mol. The number of nitrogens with zero attached hydrogens (tertiary/aromatic N) is 5. The first-order chi connectivity index (χ1) is 15.1. The topological polar surface area (TPSA) is 81.9 Å². The molecule has 31 heavy (non-hydrogen) atoms. The third-order valence-corrected chi connectivity index (χ3v) is 6.49. The lowest BCUT2D eigenvalue weighted by Crippen LogP contribution is -2.40. The number of hydrogen-bond acceptors (Lipinski definition) is 7. The Labute approximate surface area is 183 Å². The lowest BCUT2D eigenvalue weighted by molar-refractivity contribution is 0.0684. The number of thiophene rings is 1. The van der Waals surface area contributed by atoms with Gasteiger partial charge in [-0.05, 0) is 54.1 Å². The Hall–Kier alpha value is -3.46. The van der Waals surface area contributed by atoms with Crippen LogP contribution in [-0.2, 0) is 6.42 Å². The summed E-state index contributed by atoms with van der Waals surface area (Å²) >= 11 is 1.62. The molecule has 3 aromatic heterocycles. The van der Waals surface area contributed by atoms with Crippen LogP contribution in [0.25, 0.3) is 5.78 Å². The zero-order valence-corrected chi connectivity index (χ0v) is 18.2. The van der Waals surface area contributed by atoms with Gasteiger partial charge in [-0.1, -0.05) is 6.07 Å². The van der Waals surface area contributed by atoms with Crippen molar-refractivity contribution in [3.05, 3.63) is 69.4 Å². The molecule has 0 saturated heterocycles. The molecule has 1 aliphatic heterocycles. The Bertz CT molecular complexity index is 1270. The van der Waals surface area contributed by atoms with E-state index in [2.05, 4.69) is 15.1 Å². The third kappa shape index (κ3) is 3.21. The summed E-state index contributed by atoms with van der Waals surface area (Å²) in [7, 11) is 3.25. The van der Waals surface area contributed by atoms with E-state index >= 15 is 0 Å². The van der Waals surface area contributed by atoms with E-state index in [-0.39, 0.29) is 17.8 Å². The first-order valence-electron chi connectivity index (χ1n) is 9.88. The van der Waals surface area contributed by atoms with Crippen molar-refractivity contribution in [2.75, 3.05) is 20.8 Å². The third-order valence-electron chi connectivity index (χ3n) is 5.57. The maximum atomic E-state index is 13.6. The Morgan fingerprint density at radius 2 is 2.00 bits per heavy atom. The highest BCUT2D eigenvalue weighted by Crippen LogP contribution is 2.42. The van der Waals surface area contributed by atoms with Crippen molar-refractivity contribution in [2.45, 2.75) is 19.4 Å². The summed E-state index contributed by atoms with van der Waals surface area (Å²) in [6.07, 6.45) is 2.37. The second kappa shape index (κ2) is 7.66. The molecular formula is C22H21N5O3S. The van der Waals surface area contributed by atoms with Crippen LogP contribution in [0, 0.1) is 6.92 Å². The number of hydrogen-bond donors (Lipinski definition) is 0. The minimum Gasteiger partial charge on any atom is -0.493 e. The van der Waals surface area contributed by atoms with E-state index in [0.717, 1.165) is 21.7 Å². The van der Waals surface area contributed by atoms with E-state index in [9.17, 15) is 4.79 Å². The molecular weight excluding hydrogens is 414 g/mol. The summed E-state index contributed by atoms with van der Waals surface area (Å²) in [5.41, 5.74) is 3.03. The lowest BCUT2D eigenvalue weighted by Gasteiger charge is -2.36. The Morgan fingerprint density at radius 1 is 1.19 bits per heavy atom. The highest BCUT2D eigenvalue weighted by Gasteiger charge is 2.36. The molecule has 1 aromatic carbocycles. The molecule has 1 amide bonds. The predicted molar refractivity (Wildman–Crippen MR) is 116 cm³/mol. The van der Waals surface area contributed by atoms with Gasteiger partial charge >= 0.3 is 0 Å². The van der Waals surface area contributed by atoms with Crippen molar-refractivity contribution >= 4 is 23.0 Å². The number of aromatic nitrogens is 4. The van der Waals surface area contributed by atoms with Crippen LogP contribution in [0.5, 0.6) is 11.5 Å². The minimum absolute atomic E-state index is 0.146. The van der Waals surface area contributed by atoms with Crippen LogP contribution >= 0.6 is 11.3 Å². The Balaban J connectivity index is 1.61. The smallest absolute Gasteiger partial charge is 0.294 e. The van der Waals surface area contributed by atoms with Gasteiger partial charge in [0.05, 0.1) is 20.3 Å². The molecule has 0 saturated carbocycles. The zero-order chi connectivity index (χ0) is 21.5. The summed E-state index contributed by atoms with van der Waals surface area (Å²) in [6.45, 7) is 2.45. The summed E-state index contributed by atoms with van der Waals surface area (Å²) in [5.74, 6) is 1.67. The highest BCUT2D eigenvalue weighted by molar-refractivity contribution is 7.10. The van der Waals surface area contributed by atoms with E-state index in [1.165, 1.54) is 0 Å². The van der Waals surface area contributed by atoms with Crippen LogP contribution in [0.2, 0.25) is 0 Å². The normalized spacial score (nSPS) is 15.7. The van der Waals surface area contributed by atoms with Crippen molar-refractivity contribution in [1.29, 1.82) is 0 Å². The number of aryl methyl sites for hydroxylation is 1. The standard InChI is InChI=1S/C22H21N5O3S/c1-13-6-8-23-22-24-20(25-27(13)22)21(28)26-9-7-14-11-16(29-2)17(30-3)12-15(14)19(26)18-5-4-10-31-18/h4-6,8,10-12,19H,7,9H2,1-3H3. The summed E-state index contributed by atoms with van der Waals surface area (Å²) in [6, 6.07) is 9.60. The first kappa shape index (κ1) is 19.5. The van der Waals surface area contributed by atoms with Crippen LogP contribution < -0.4 is 9.47 Å². The fourth-order valence-corrected chi connectivity index (χ4v) is 4.90. The summed E-state index contributed by atoms with van der Waals surface area (Å²) in [4.78, 5) is 25.1. The van der Waals surface area contributed by atoms with Gasteiger partial charge in [0.25, 0.3) is 11.7 Å². The molecule has 0 N–H and O–H groups in total. The molecule has 1 atom stereocenters. The zero-order valence-electron chi connectivity index (χ0n) is 17.4. The van der Waals surface area contributed by atoms with Crippen LogP contribution in [0.4, 0.5) is 0 Å². The molecule has 5 rings (SSSR count). The monoisotopic (exact) mass is 435 g/mol. The van der Waals surface area contributed by atoms with Gasteiger partial charge in [-0.25, -0.2) is 9.50 Å². The van der Waals surface area contributed by atoms with Gasteiger partial charge in [0.15, 0.2) is 11.5 Å². The van der Waals surface area contributed by atoms with Crippen molar-refractivity contribution < 1.29 is 14.3 Å². The largest absolute Gasteiger partial charge is 0.493 e. The first-order valence-corrected chi connectivity index (χ1v) is 10.8. The van der Waals surface area contributed by atoms with Gasteiger partial charge in [0.2, 0.25) is 5.82 Å². The maximum absolute atomic E-state index is 13.6. The van der Waals surface area contributed by atoms with Crippen molar-refractivity contribution in [2.24, 2.45) is 0 Å². The molecule has 1 aliphatic rings. The number of carbonyl (C=O) groups excluding carboxylic acids is 1. The molecule has 1 unspecified atom stereocenters. The van der Waals surface area contributed by atoms with Crippen LogP contribution in [-0.4, -0.2) is 51.2 Å². The molecule has 0 fully saturated rings. The van der Waals surface area contributed by atoms with Gasteiger partial charge in [-0.3, -0.25) is 4.79 Å². The van der Waals surface area contributed by atoms with E-state index in [4.69, 9.17) is 9.47 Å². The average Bonchev–Trinajstić information content (AvgIpc) is 3.47. The number of fused-ring (bicyclic) bond motifs is 2. The molecule has 0 aliphatic carbocycles. The van der Waals surface area contributed by atoms with E-state index in [1.54, 1.807) is 36.3 Å². The predicted octanol–water partition coefficient (Wildman–Crippen LogP) is 3.30. The minimum atomic E-state index is -0.253. The Morgan fingerprint density at radius 3 is 2.71 bits per heavy atom. The summed E-state index contributed by atoms with van der Waals surface area (Å²) in [5, 5.41) is 6.45. The number of benzene rings is 1. The van der Waals surface area contributed by atoms with Crippen molar-refractivity contribution in [3.8, 4) is 11.5 Å². The van der Waals surface area contributed by atoms with Gasteiger partial charge in [-0.2, -0.15) is 4.98 Å². The number of amides is 1. The molecule has 4 heterocycles. The van der Waals surface area contributed by atoms with Crippen molar-refractivity contribution in [3.63, 3.8) is 0 Å². The molecule has 0 spiro atoms. The Kier molecular flexibility index (Phi) is 4.82. The lowest BCUT2D eigenvalue weighted by atomic mass is 9.90. The highest BCUT2D eigenvalue weighted by atomic mass is 32.1. The second-order valence-corrected chi connectivity index (χ2v) is 8.29. The number of methoxy groups -OCH3 is 2. The summed E-state index contributed by atoms with van der Waals surface area (Å²) < 4.78 is 12.6.